The lowest BCUT2D eigenvalue weighted by molar-refractivity contribution is -0.140. The van der Waals surface area contributed by atoms with Gasteiger partial charge in [-0.15, -0.1) is 0 Å². The van der Waals surface area contributed by atoms with E-state index in [0.717, 1.165) is 19.5 Å². The molecule has 0 aromatic rings. The zero-order valence-electron chi connectivity index (χ0n) is 11.8. The van der Waals surface area contributed by atoms with Crippen LogP contribution >= 0.6 is 0 Å². The van der Waals surface area contributed by atoms with Crippen LogP contribution in [0.1, 0.15) is 39.5 Å². The molecule has 0 radical (unpaired) electrons. The Bertz CT molecular complexity index is 289. The minimum atomic E-state index is -4.04. The van der Waals surface area contributed by atoms with Crippen molar-refractivity contribution in [2.24, 2.45) is 11.8 Å². The summed E-state index contributed by atoms with van der Waals surface area (Å²) in [5.41, 5.74) is 0. The van der Waals surface area contributed by atoms with Crippen LogP contribution in [0.5, 0.6) is 0 Å². The van der Waals surface area contributed by atoms with Gasteiger partial charge in [-0.2, -0.15) is 13.2 Å². The average Bonchev–Trinajstić information content (AvgIpc) is 3.18. The fraction of sp³-hybridized carbons (Fsp3) is 1.00. The molecule has 0 aromatic heterocycles. The van der Waals surface area contributed by atoms with Gasteiger partial charge in [0.15, 0.2) is 0 Å². The smallest absolute Gasteiger partial charge is 0.311 e. The van der Waals surface area contributed by atoms with Crippen molar-refractivity contribution in [2.45, 2.75) is 57.8 Å². The number of hydrogen-bond acceptors (Lipinski definition) is 2. The van der Waals surface area contributed by atoms with Crippen molar-refractivity contribution in [3.05, 3.63) is 0 Å². The van der Waals surface area contributed by atoms with Crippen LogP contribution in [0.2, 0.25) is 0 Å². The first kappa shape index (κ1) is 15.1. The molecule has 1 N–H and O–H groups in total. The third kappa shape index (κ3) is 4.35. The van der Waals surface area contributed by atoms with E-state index >= 15 is 0 Å². The molecule has 0 bridgehead atoms. The lowest BCUT2D eigenvalue weighted by atomic mass is 9.93. The fourth-order valence-corrected chi connectivity index (χ4v) is 3.03. The largest absolute Gasteiger partial charge is 0.390 e. The SMILES string of the molecule is CCC(C)C1CNC(C2CC2)CN1CCC(F)(F)F. The second kappa shape index (κ2) is 6.00. The molecule has 0 aromatic carbocycles. The summed E-state index contributed by atoms with van der Waals surface area (Å²) in [7, 11) is 0. The number of rotatable bonds is 5. The van der Waals surface area contributed by atoms with Crippen molar-refractivity contribution in [2.75, 3.05) is 19.6 Å². The molecule has 19 heavy (non-hydrogen) atoms. The summed E-state index contributed by atoms with van der Waals surface area (Å²) in [5, 5.41) is 3.55. The molecule has 5 heteroatoms. The highest BCUT2D eigenvalue weighted by atomic mass is 19.4. The summed E-state index contributed by atoms with van der Waals surface area (Å²) in [6, 6.07) is 0.663. The standard InChI is InChI=1S/C14H25F3N2/c1-3-10(2)13-8-18-12(11-4-5-11)9-19(13)7-6-14(15,16)17/h10-13,18H,3-9H2,1-2H3. The first-order valence-corrected chi connectivity index (χ1v) is 7.45. The van der Waals surface area contributed by atoms with Gasteiger partial charge in [0.25, 0.3) is 0 Å². The summed E-state index contributed by atoms with van der Waals surface area (Å²) in [4.78, 5) is 2.08. The lowest BCUT2D eigenvalue weighted by Gasteiger charge is -2.43. The third-order valence-corrected chi connectivity index (χ3v) is 4.66. The van der Waals surface area contributed by atoms with Crippen molar-refractivity contribution < 1.29 is 13.2 Å². The molecule has 2 nitrogen and oxygen atoms in total. The Morgan fingerprint density at radius 3 is 2.53 bits per heavy atom. The van der Waals surface area contributed by atoms with E-state index in [9.17, 15) is 13.2 Å². The molecular weight excluding hydrogens is 253 g/mol. The average molecular weight is 278 g/mol. The molecule has 1 saturated heterocycles. The summed E-state index contributed by atoms with van der Waals surface area (Å²) in [6.07, 6.45) is -1.24. The second-order valence-electron chi connectivity index (χ2n) is 6.17. The molecule has 112 valence electrons. The van der Waals surface area contributed by atoms with Crippen LogP contribution in [0.4, 0.5) is 13.2 Å². The molecule has 0 spiro atoms. The minimum absolute atomic E-state index is 0.156. The summed E-state index contributed by atoms with van der Waals surface area (Å²) in [6.45, 7) is 6.04. The van der Waals surface area contributed by atoms with Gasteiger partial charge in [0, 0.05) is 31.7 Å². The van der Waals surface area contributed by atoms with Crippen molar-refractivity contribution in [1.82, 2.24) is 10.2 Å². The van der Waals surface area contributed by atoms with E-state index in [1.807, 2.05) is 0 Å². The van der Waals surface area contributed by atoms with Crippen LogP contribution in [0.3, 0.4) is 0 Å². The van der Waals surface area contributed by atoms with Gasteiger partial charge in [-0.1, -0.05) is 20.3 Å². The van der Waals surface area contributed by atoms with Crippen LogP contribution in [-0.2, 0) is 0 Å². The van der Waals surface area contributed by atoms with Crippen molar-refractivity contribution in [3.8, 4) is 0 Å². The van der Waals surface area contributed by atoms with Crippen LogP contribution in [0.25, 0.3) is 0 Å². The van der Waals surface area contributed by atoms with Crippen LogP contribution in [0.15, 0.2) is 0 Å². The highest BCUT2D eigenvalue weighted by molar-refractivity contribution is 4.95. The van der Waals surface area contributed by atoms with Gasteiger partial charge in [-0.05, 0) is 24.7 Å². The first-order valence-electron chi connectivity index (χ1n) is 7.45. The van der Waals surface area contributed by atoms with Gasteiger partial charge in [0.1, 0.15) is 0 Å². The van der Waals surface area contributed by atoms with Gasteiger partial charge < -0.3 is 5.32 Å². The molecule has 2 rings (SSSR count). The van der Waals surface area contributed by atoms with Gasteiger partial charge in [-0.3, -0.25) is 4.90 Å². The Kier molecular flexibility index (Phi) is 4.77. The van der Waals surface area contributed by atoms with E-state index < -0.39 is 12.6 Å². The number of alkyl halides is 3. The van der Waals surface area contributed by atoms with Gasteiger partial charge >= 0.3 is 6.18 Å². The maximum absolute atomic E-state index is 12.4. The summed E-state index contributed by atoms with van der Waals surface area (Å²) < 4.78 is 37.3. The van der Waals surface area contributed by atoms with E-state index in [2.05, 4.69) is 24.1 Å². The molecule has 1 saturated carbocycles. The quantitative estimate of drug-likeness (QED) is 0.831. The Labute approximate surface area is 113 Å². The highest BCUT2D eigenvalue weighted by Crippen LogP contribution is 2.35. The molecule has 3 atom stereocenters. The monoisotopic (exact) mass is 278 g/mol. The second-order valence-corrected chi connectivity index (χ2v) is 6.17. The molecule has 2 fully saturated rings. The third-order valence-electron chi connectivity index (χ3n) is 4.66. The van der Waals surface area contributed by atoms with E-state index in [0.29, 0.717) is 17.9 Å². The maximum atomic E-state index is 12.4. The molecular formula is C14H25F3N2. The number of halogens is 3. The Morgan fingerprint density at radius 2 is 2.00 bits per heavy atom. The molecule has 1 aliphatic heterocycles. The van der Waals surface area contributed by atoms with E-state index in [1.165, 1.54) is 12.8 Å². The number of nitrogens with zero attached hydrogens (tertiary/aromatic N) is 1. The topological polar surface area (TPSA) is 15.3 Å². The van der Waals surface area contributed by atoms with Gasteiger partial charge in [0.05, 0.1) is 6.42 Å². The Balaban J connectivity index is 1.93. The number of nitrogens with one attached hydrogen (secondary N) is 1. The minimum Gasteiger partial charge on any atom is -0.311 e. The Hall–Kier alpha value is -0.290. The zero-order chi connectivity index (χ0) is 14.0. The van der Waals surface area contributed by atoms with Crippen molar-refractivity contribution in [1.29, 1.82) is 0 Å². The molecule has 3 unspecified atom stereocenters. The molecule has 0 amide bonds. The molecule has 1 aliphatic carbocycles. The van der Waals surface area contributed by atoms with E-state index in [-0.39, 0.29) is 12.6 Å². The molecule has 2 aliphatic rings. The normalized spacial score (nSPS) is 31.4. The van der Waals surface area contributed by atoms with Crippen molar-refractivity contribution >= 4 is 0 Å². The predicted molar refractivity (Wildman–Crippen MR) is 70.0 cm³/mol. The Morgan fingerprint density at radius 1 is 1.32 bits per heavy atom. The van der Waals surface area contributed by atoms with Crippen LogP contribution < -0.4 is 5.32 Å². The molecule has 1 heterocycles. The summed E-state index contributed by atoms with van der Waals surface area (Å²) in [5.74, 6) is 1.15. The lowest BCUT2D eigenvalue weighted by Crippen LogP contribution is -2.59. The van der Waals surface area contributed by atoms with Crippen LogP contribution in [0, 0.1) is 11.8 Å². The number of hydrogen-bond donors (Lipinski definition) is 1. The van der Waals surface area contributed by atoms with Gasteiger partial charge in [-0.25, -0.2) is 0 Å². The van der Waals surface area contributed by atoms with Crippen molar-refractivity contribution in [3.63, 3.8) is 0 Å². The fourth-order valence-electron chi connectivity index (χ4n) is 3.03. The highest BCUT2D eigenvalue weighted by Gasteiger charge is 2.39. The summed E-state index contributed by atoms with van der Waals surface area (Å²) >= 11 is 0. The zero-order valence-corrected chi connectivity index (χ0v) is 11.8. The first-order chi connectivity index (χ1) is 8.90. The predicted octanol–water partition coefficient (Wildman–Crippen LogP) is 3.04. The maximum Gasteiger partial charge on any atom is 0.390 e. The van der Waals surface area contributed by atoms with Crippen LogP contribution in [-0.4, -0.2) is 42.8 Å². The van der Waals surface area contributed by atoms with E-state index in [4.69, 9.17) is 0 Å². The van der Waals surface area contributed by atoms with E-state index in [1.54, 1.807) is 0 Å². The van der Waals surface area contributed by atoms with Gasteiger partial charge in [0.2, 0.25) is 0 Å². The number of piperazine rings is 1.